The molecule has 2 N–H and O–H groups in total. The molecule has 0 bridgehead atoms. The number of hydrogen-bond donors (Lipinski definition) is 2. The lowest BCUT2D eigenvalue weighted by Crippen LogP contribution is -2.44. The molecule has 2 aromatic carbocycles. The molecule has 0 unspecified atom stereocenters. The number of rotatable bonds is 5. The number of benzene rings is 2. The second kappa shape index (κ2) is 8.04. The van der Waals surface area contributed by atoms with Crippen molar-refractivity contribution >= 4 is 22.8 Å². The largest absolute Gasteiger partial charge is 0.497 e. The number of hydrazine groups is 1. The number of fused-ring (bicyclic) bond motifs is 1. The van der Waals surface area contributed by atoms with E-state index in [1.165, 1.54) is 0 Å². The maximum Gasteiger partial charge on any atom is 0.305 e. The molecule has 1 heterocycles. The van der Waals surface area contributed by atoms with Crippen molar-refractivity contribution < 1.29 is 23.5 Å². The van der Waals surface area contributed by atoms with Crippen molar-refractivity contribution in [2.45, 2.75) is 20.8 Å². The van der Waals surface area contributed by atoms with Gasteiger partial charge in [-0.15, -0.1) is 0 Å². The first-order chi connectivity index (χ1) is 13.4. The van der Waals surface area contributed by atoms with Crippen LogP contribution in [0.25, 0.3) is 11.0 Å². The number of nitrogens with one attached hydrogen (secondary N) is 2. The second-order valence-electron chi connectivity index (χ2n) is 6.43. The summed E-state index contributed by atoms with van der Waals surface area (Å²) in [5.41, 5.74) is 7.78. The second-order valence-corrected chi connectivity index (χ2v) is 6.43. The maximum absolute atomic E-state index is 12.4. The van der Waals surface area contributed by atoms with Crippen molar-refractivity contribution in [3.8, 4) is 11.5 Å². The van der Waals surface area contributed by atoms with E-state index in [1.807, 2.05) is 32.0 Å². The van der Waals surface area contributed by atoms with Gasteiger partial charge in [-0.2, -0.15) is 0 Å². The van der Waals surface area contributed by atoms with Gasteiger partial charge in [-0.3, -0.25) is 20.4 Å². The highest BCUT2D eigenvalue weighted by molar-refractivity contribution is 5.99. The van der Waals surface area contributed by atoms with E-state index < -0.39 is 11.8 Å². The van der Waals surface area contributed by atoms with E-state index in [0.29, 0.717) is 22.6 Å². The smallest absolute Gasteiger partial charge is 0.305 e. The molecule has 0 saturated carbocycles. The lowest BCUT2D eigenvalue weighted by molar-refractivity contribution is -0.123. The van der Waals surface area contributed by atoms with Crippen molar-refractivity contribution in [1.29, 1.82) is 0 Å². The first-order valence-corrected chi connectivity index (χ1v) is 8.76. The van der Waals surface area contributed by atoms with Gasteiger partial charge in [-0.05, 0) is 50.1 Å². The summed E-state index contributed by atoms with van der Waals surface area (Å²) in [6.07, 6.45) is 0. The molecule has 0 saturated heterocycles. The van der Waals surface area contributed by atoms with Crippen molar-refractivity contribution in [1.82, 2.24) is 10.9 Å². The van der Waals surface area contributed by atoms with E-state index in [-0.39, 0.29) is 12.4 Å². The van der Waals surface area contributed by atoms with E-state index in [2.05, 4.69) is 10.9 Å². The van der Waals surface area contributed by atoms with Crippen LogP contribution in [0.3, 0.4) is 0 Å². The number of amides is 2. The van der Waals surface area contributed by atoms with Crippen LogP contribution in [0.15, 0.2) is 40.8 Å². The molecule has 146 valence electrons. The molecule has 28 heavy (non-hydrogen) atoms. The van der Waals surface area contributed by atoms with Crippen LogP contribution in [0, 0.1) is 20.8 Å². The van der Waals surface area contributed by atoms with Gasteiger partial charge in [0, 0.05) is 10.9 Å². The SMILES string of the molecule is COc1ccc2oc(C(=O)NNC(=O)COc3c(C)cccc3C)c(C)c2c1. The highest BCUT2D eigenvalue weighted by Crippen LogP contribution is 2.28. The molecular formula is C21H22N2O5. The monoisotopic (exact) mass is 382 g/mol. The van der Waals surface area contributed by atoms with Crippen LogP contribution in [0.2, 0.25) is 0 Å². The zero-order valence-corrected chi connectivity index (χ0v) is 16.2. The molecule has 0 aliphatic carbocycles. The first kappa shape index (κ1) is 19.3. The maximum atomic E-state index is 12.4. The fourth-order valence-corrected chi connectivity index (χ4v) is 2.93. The number of ether oxygens (including phenoxy) is 2. The summed E-state index contributed by atoms with van der Waals surface area (Å²) in [5, 5.41) is 0.772. The lowest BCUT2D eigenvalue weighted by Gasteiger charge is -2.12. The predicted molar refractivity (Wildman–Crippen MR) is 105 cm³/mol. The van der Waals surface area contributed by atoms with Gasteiger partial charge in [0.15, 0.2) is 12.4 Å². The van der Waals surface area contributed by atoms with E-state index in [9.17, 15) is 9.59 Å². The van der Waals surface area contributed by atoms with Gasteiger partial charge in [0.2, 0.25) is 0 Å². The summed E-state index contributed by atoms with van der Waals surface area (Å²) in [6, 6.07) is 11.0. The molecular weight excluding hydrogens is 360 g/mol. The Bertz CT molecular complexity index is 1020. The first-order valence-electron chi connectivity index (χ1n) is 8.76. The average Bonchev–Trinajstić information content (AvgIpc) is 3.01. The van der Waals surface area contributed by atoms with Crippen LogP contribution in [0.5, 0.6) is 11.5 Å². The summed E-state index contributed by atoms with van der Waals surface area (Å²) in [4.78, 5) is 24.4. The standard InChI is InChI=1S/C21H22N2O5/c1-12-6-5-7-13(2)19(12)27-11-18(24)22-23-21(25)20-14(3)16-10-15(26-4)8-9-17(16)28-20/h5-10H,11H2,1-4H3,(H,22,24)(H,23,25). The van der Waals surface area contributed by atoms with E-state index in [1.54, 1.807) is 32.2 Å². The van der Waals surface area contributed by atoms with Crippen molar-refractivity contribution in [2.24, 2.45) is 0 Å². The summed E-state index contributed by atoms with van der Waals surface area (Å²) in [7, 11) is 1.57. The molecule has 0 spiro atoms. The highest BCUT2D eigenvalue weighted by atomic mass is 16.5. The highest BCUT2D eigenvalue weighted by Gasteiger charge is 2.19. The number of hydrogen-bond acceptors (Lipinski definition) is 5. The fraction of sp³-hybridized carbons (Fsp3) is 0.238. The molecule has 0 aliphatic rings. The Morgan fingerprint density at radius 1 is 1.04 bits per heavy atom. The van der Waals surface area contributed by atoms with Gasteiger partial charge in [-0.1, -0.05) is 18.2 Å². The summed E-state index contributed by atoms with van der Waals surface area (Å²) in [6.45, 7) is 5.36. The van der Waals surface area contributed by atoms with Gasteiger partial charge in [0.25, 0.3) is 5.91 Å². The third-order valence-electron chi connectivity index (χ3n) is 4.42. The summed E-state index contributed by atoms with van der Waals surface area (Å²) < 4.78 is 16.4. The van der Waals surface area contributed by atoms with Gasteiger partial charge in [-0.25, -0.2) is 0 Å². The number of aryl methyl sites for hydroxylation is 3. The molecule has 0 aliphatic heterocycles. The summed E-state index contributed by atoms with van der Waals surface area (Å²) >= 11 is 0. The third kappa shape index (κ3) is 3.93. The van der Waals surface area contributed by atoms with Gasteiger partial charge < -0.3 is 13.9 Å². The number of furan rings is 1. The third-order valence-corrected chi connectivity index (χ3v) is 4.42. The number of carbonyl (C=O) groups excluding carboxylic acids is 2. The van der Waals surface area contributed by atoms with Gasteiger partial charge >= 0.3 is 5.91 Å². The molecule has 0 fully saturated rings. The minimum absolute atomic E-state index is 0.124. The molecule has 3 aromatic rings. The molecule has 1 aromatic heterocycles. The van der Waals surface area contributed by atoms with Crippen LogP contribution in [0.4, 0.5) is 0 Å². The summed E-state index contributed by atoms with van der Waals surface area (Å²) in [5.74, 6) is 0.421. The number of methoxy groups -OCH3 is 1. The number of carbonyl (C=O) groups is 2. The predicted octanol–water partition coefficient (Wildman–Crippen LogP) is 3.21. The van der Waals surface area contributed by atoms with Gasteiger partial charge in [0.1, 0.15) is 17.1 Å². The average molecular weight is 382 g/mol. The molecule has 7 nitrogen and oxygen atoms in total. The van der Waals surface area contributed by atoms with E-state index in [4.69, 9.17) is 13.9 Å². The Hall–Kier alpha value is -3.48. The quantitative estimate of drug-likeness (QED) is 0.662. The zero-order chi connectivity index (χ0) is 20.3. The lowest BCUT2D eigenvalue weighted by atomic mass is 10.1. The Morgan fingerprint density at radius 3 is 2.43 bits per heavy atom. The zero-order valence-electron chi connectivity index (χ0n) is 16.2. The van der Waals surface area contributed by atoms with E-state index >= 15 is 0 Å². The molecule has 0 radical (unpaired) electrons. The minimum Gasteiger partial charge on any atom is -0.497 e. The van der Waals surface area contributed by atoms with Gasteiger partial charge in [0.05, 0.1) is 7.11 Å². The van der Waals surface area contributed by atoms with E-state index in [0.717, 1.165) is 16.5 Å². The van der Waals surface area contributed by atoms with Crippen LogP contribution in [-0.2, 0) is 4.79 Å². The normalized spacial score (nSPS) is 10.6. The molecule has 3 rings (SSSR count). The molecule has 7 heteroatoms. The fourth-order valence-electron chi connectivity index (χ4n) is 2.93. The van der Waals surface area contributed by atoms with Crippen molar-refractivity contribution in [2.75, 3.05) is 13.7 Å². The van der Waals surface area contributed by atoms with Crippen LogP contribution in [0.1, 0.15) is 27.2 Å². The van der Waals surface area contributed by atoms with Crippen LogP contribution >= 0.6 is 0 Å². The Labute approximate surface area is 162 Å². The van der Waals surface area contributed by atoms with Crippen LogP contribution < -0.4 is 20.3 Å². The Kier molecular flexibility index (Phi) is 5.54. The number of para-hydroxylation sites is 1. The minimum atomic E-state index is -0.548. The van der Waals surface area contributed by atoms with Crippen molar-refractivity contribution in [3.63, 3.8) is 0 Å². The molecule has 2 amide bonds. The Morgan fingerprint density at radius 2 is 1.75 bits per heavy atom. The van der Waals surface area contributed by atoms with Crippen molar-refractivity contribution in [3.05, 3.63) is 58.8 Å². The van der Waals surface area contributed by atoms with Crippen LogP contribution in [-0.4, -0.2) is 25.5 Å². The Balaban J connectivity index is 1.61. The topological polar surface area (TPSA) is 89.8 Å². The molecule has 0 atom stereocenters.